The molecule has 1 atom stereocenters. The zero-order valence-corrected chi connectivity index (χ0v) is 14.7. The molecule has 0 fully saturated rings. The molecule has 3 rings (SSSR count). The average molecular weight is 390 g/mol. The molecule has 0 aromatic heterocycles. The summed E-state index contributed by atoms with van der Waals surface area (Å²) in [4.78, 5) is 38.0. The van der Waals surface area contributed by atoms with Crippen LogP contribution in [0, 0.1) is 0 Å². The average Bonchev–Trinajstić information content (AvgIpc) is 2.66. The van der Waals surface area contributed by atoms with Gasteiger partial charge >= 0.3 is 12.6 Å². The van der Waals surface area contributed by atoms with E-state index in [1.54, 1.807) is 24.3 Å². The Morgan fingerprint density at radius 1 is 1.11 bits per heavy atom. The van der Waals surface area contributed by atoms with Crippen molar-refractivity contribution in [3.05, 3.63) is 54.1 Å². The molecule has 2 aromatic carbocycles. The van der Waals surface area contributed by atoms with Crippen LogP contribution in [0.4, 0.5) is 20.2 Å². The van der Waals surface area contributed by atoms with Gasteiger partial charge in [-0.2, -0.15) is 8.78 Å². The predicted octanol–water partition coefficient (Wildman–Crippen LogP) is 2.82. The van der Waals surface area contributed by atoms with Crippen molar-refractivity contribution in [2.24, 2.45) is 0 Å². The number of nitrogens with one attached hydrogen (secondary N) is 1. The van der Waals surface area contributed by atoms with E-state index in [0.29, 0.717) is 11.4 Å². The third-order valence-corrected chi connectivity index (χ3v) is 3.98. The second-order valence-electron chi connectivity index (χ2n) is 5.94. The van der Waals surface area contributed by atoms with Crippen molar-refractivity contribution in [1.29, 1.82) is 0 Å². The second kappa shape index (κ2) is 8.03. The molecule has 1 aliphatic heterocycles. The van der Waals surface area contributed by atoms with Gasteiger partial charge in [-0.05, 0) is 43.3 Å². The van der Waals surface area contributed by atoms with Crippen molar-refractivity contribution in [1.82, 2.24) is 0 Å². The normalized spacial score (nSPS) is 14.1. The zero-order chi connectivity index (χ0) is 20.3. The number of hydrogen-bond acceptors (Lipinski definition) is 5. The minimum atomic E-state index is -2.97. The van der Waals surface area contributed by atoms with Gasteiger partial charge in [0.25, 0.3) is 5.91 Å². The van der Waals surface area contributed by atoms with E-state index in [1.165, 1.54) is 36.1 Å². The highest BCUT2D eigenvalue weighted by atomic mass is 19.3. The van der Waals surface area contributed by atoms with Gasteiger partial charge in [-0.1, -0.05) is 12.1 Å². The second-order valence-corrected chi connectivity index (χ2v) is 5.94. The number of alkyl halides is 2. The number of hydrogen-bond donors (Lipinski definition) is 1. The largest absolute Gasteiger partial charge is 0.449 e. The number of benzene rings is 2. The summed E-state index contributed by atoms with van der Waals surface area (Å²) in [6.45, 7) is -1.78. The van der Waals surface area contributed by atoms with E-state index < -0.39 is 24.6 Å². The van der Waals surface area contributed by atoms with Gasteiger partial charge < -0.3 is 14.8 Å². The van der Waals surface area contributed by atoms with E-state index in [2.05, 4.69) is 10.1 Å². The molecule has 0 saturated heterocycles. The third-order valence-electron chi connectivity index (χ3n) is 3.98. The number of ether oxygens (including phenoxy) is 2. The summed E-state index contributed by atoms with van der Waals surface area (Å²) in [7, 11) is 0. The molecule has 9 heteroatoms. The molecule has 1 aliphatic rings. The van der Waals surface area contributed by atoms with Crippen LogP contribution in [0.15, 0.2) is 48.5 Å². The minimum absolute atomic E-state index is 0.0676. The monoisotopic (exact) mass is 390 g/mol. The molecule has 0 spiro atoms. The first-order chi connectivity index (χ1) is 13.3. The lowest BCUT2D eigenvalue weighted by molar-refractivity contribution is -0.128. The molecule has 1 N–H and O–H groups in total. The highest BCUT2D eigenvalue weighted by Crippen LogP contribution is 2.29. The molecule has 0 aliphatic carbocycles. The molecule has 146 valence electrons. The number of carbonyl (C=O) groups is 3. The van der Waals surface area contributed by atoms with Gasteiger partial charge in [0.05, 0.1) is 16.9 Å². The quantitative estimate of drug-likeness (QED) is 0.794. The number of rotatable bonds is 5. The van der Waals surface area contributed by atoms with Crippen molar-refractivity contribution >= 4 is 29.2 Å². The third kappa shape index (κ3) is 4.25. The van der Waals surface area contributed by atoms with Gasteiger partial charge in [-0.25, -0.2) is 4.79 Å². The van der Waals surface area contributed by atoms with Crippen LogP contribution in [-0.4, -0.2) is 37.0 Å². The Labute approximate surface area is 158 Å². The van der Waals surface area contributed by atoms with Crippen molar-refractivity contribution < 1.29 is 32.6 Å². The number of anilines is 2. The lowest BCUT2D eigenvalue weighted by atomic mass is 10.1. The summed E-state index contributed by atoms with van der Waals surface area (Å²) in [5, 5.41) is 2.66. The highest BCUT2D eigenvalue weighted by Gasteiger charge is 2.31. The van der Waals surface area contributed by atoms with Gasteiger partial charge in [0.1, 0.15) is 12.3 Å². The van der Waals surface area contributed by atoms with Crippen molar-refractivity contribution in [3.8, 4) is 5.75 Å². The maximum absolute atomic E-state index is 12.7. The van der Waals surface area contributed by atoms with Crippen molar-refractivity contribution in [2.75, 3.05) is 16.8 Å². The molecule has 7 nitrogen and oxygen atoms in total. The van der Waals surface area contributed by atoms with Crippen LogP contribution in [0.1, 0.15) is 17.3 Å². The molecule has 2 amide bonds. The molecule has 0 radical (unpaired) electrons. The van der Waals surface area contributed by atoms with Crippen molar-refractivity contribution in [2.45, 2.75) is 19.6 Å². The highest BCUT2D eigenvalue weighted by molar-refractivity contribution is 6.11. The van der Waals surface area contributed by atoms with E-state index in [9.17, 15) is 23.2 Å². The summed E-state index contributed by atoms with van der Waals surface area (Å²) in [6, 6.07) is 11.7. The molecule has 0 saturated carbocycles. The van der Waals surface area contributed by atoms with Crippen LogP contribution in [0.3, 0.4) is 0 Å². The van der Waals surface area contributed by atoms with Crippen LogP contribution < -0.4 is 15.0 Å². The zero-order valence-electron chi connectivity index (χ0n) is 14.7. The first-order valence-corrected chi connectivity index (χ1v) is 8.31. The molecule has 28 heavy (non-hydrogen) atoms. The molecular formula is C19H16F2N2O5. The maximum atomic E-state index is 12.7. The summed E-state index contributed by atoms with van der Waals surface area (Å²) < 4.78 is 33.7. The number of halogens is 2. The van der Waals surface area contributed by atoms with Crippen LogP contribution in [0.2, 0.25) is 0 Å². The topological polar surface area (TPSA) is 84.9 Å². The Morgan fingerprint density at radius 2 is 1.79 bits per heavy atom. The standard InChI is InChI=1S/C19H16F2N2O5/c1-11(27-18(26)12-6-8-13(9-7-12)28-19(20)21)17(25)23-10-16(24)22-14-4-2-3-5-15(14)23/h2-9,11,19H,10H2,1H3,(H,22,24)/t11-/m1/s1. The summed E-state index contributed by atoms with van der Waals surface area (Å²) in [5.74, 6) is -1.83. The van der Waals surface area contributed by atoms with E-state index in [-0.39, 0.29) is 23.8 Å². The lowest BCUT2D eigenvalue weighted by Crippen LogP contribution is -2.47. The molecule has 0 unspecified atom stereocenters. The molecule has 0 bridgehead atoms. The van der Waals surface area contributed by atoms with E-state index in [0.717, 1.165) is 0 Å². The summed E-state index contributed by atoms with van der Waals surface area (Å²) >= 11 is 0. The smallest absolute Gasteiger partial charge is 0.387 e. The number of esters is 1. The van der Waals surface area contributed by atoms with E-state index in [4.69, 9.17) is 4.74 Å². The first kappa shape index (κ1) is 19.3. The minimum Gasteiger partial charge on any atom is -0.449 e. The maximum Gasteiger partial charge on any atom is 0.387 e. The van der Waals surface area contributed by atoms with Crippen LogP contribution in [0.25, 0.3) is 0 Å². The van der Waals surface area contributed by atoms with Gasteiger partial charge in [0.2, 0.25) is 5.91 Å². The van der Waals surface area contributed by atoms with E-state index >= 15 is 0 Å². The number of carbonyl (C=O) groups excluding carboxylic acids is 3. The lowest BCUT2D eigenvalue weighted by Gasteiger charge is -2.30. The fraction of sp³-hybridized carbons (Fsp3) is 0.211. The Bertz CT molecular complexity index is 901. The first-order valence-electron chi connectivity index (χ1n) is 8.31. The van der Waals surface area contributed by atoms with Crippen molar-refractivity contribution in [3.63, 3.8) is 0 Å². The predicted molar refractivity (Wildman–Crippen MR) is 95.4 cm³/mol. The number of para-hydroxylation sites is 2. The number of fused-ring (bicyclic) bond motifs is 1. The Morgan fingerprint density at radius 3 is 2.46 bits per heavy atom. The Kier molecular flexibility index (Phi) is 5.53. The molecule has 2 aromatic rings. The fourth-order valence-electron chi connectivity index (χ4n) is 2.70. The van der Waals surface area contributed by atoms with Crippen LogP contribution in [-0.2, 0) is 14.3 Å². The van der Waals surface area contributed by atoms with Gasteiger partial charge in [-0.15, -0.1) is 0 Å². The number of nitrogens with zero attached hydrogens (tertiary/aromatic N) is 1. The Balaban J connectivity index is 1.69. The molecule has 1 heterocycles. The summed E-state index contributed by atoms with van der Waals surface area (Å²) in [5.41, 5.74) is 1.06. The van der Waals surface area contributed by atoms with Crippen LogP contribution >= 0.6 is 0 Å². The fourth-order valence-corrected chi connectivity index (χ4v) is 2.70. The Hall–Kier alpha value is -3.49. The SMILES string of the molecule is C[C@@H](OC(=O)c1ccc(OC(F)F)cc1)C(=O)N1CC(=O)Nc2ccccc21. The van der Waals surface area contributed by atoms with Gasteiger partial charge in [0.15, 0.2) is 6.10 Å². The van der Waals surface area contributed by atoms with Gasteiger partial charge in [0, 0.05) is 0 Å². The van der Waals surface area contributed by atoms with Gasteiger partial charge in [-0.3, -0.25) is 14.5 Å². The summed E-state index contributed by atoms with van der Waals surface area (Å²) in [6.07, 6.45) is -1.16. The van der Waals surface area contributed by atoms with Crippen LogP contribution in [0.5, 0.6) is 5.75 Å². The number of amides is 2. The van der Waals surface area contributed by atoms with E-state index in [1.807, 2.05) is 0 Å². The molecular weight excluding hydrogens is 374 g/mol.